The lowest BCUT2D eigenvalue weighted by molar-refractivity contribution is -0.116. The zero-order valence-corrected chi connectivity index (χ0v) is 11.1. The molecule has 1 atom stereocenters. The number of hydrogen-bond donors (Lipinski definition) is 0. The van der Waals surface area contributed by atoms with E-state index < -0.39 is 5.38 Å². The highest BCUT2D eigenvalue weighted by Crippen LogP contribution is 2.24. The lowest BCUT2D eigenvalue weighted by Gasteiger charge is -2.09. The Hall–Kier alpha value is -0.0900. The fourth-order valence-electron chi connectivity index (χ4n) is 1.26. The smallest absolute Gasteiger partial charge is 0.152 e. The topological polar surface area (TPSA) is 17.1 Å². The monoisotopic (exact) mass is 322 g/mol. The van der Waals surface area contributed by atoms with E-state index in [1.54, 1.807) is 0 Å². The zero-order valence-electron chi connectivity index (χ0n) is 8.18. The van der Waals surface area contributed by atoms with Gasteiger partial charge in [-0.1, -0.05) is 19.1 Å². The average molecular weight is 323 g/mol. The van der Waals surface area contributed by atoms with Crippen LogP contribution in [0.25, 0.3) is 0 Å². The Bertz CT molecular complexity index is 349. The van der Waals surface area contributed by atoms with E-state index in [0.29, 0.717) is 0 Å². The summed E-state index contributed by atoms with van der Waals surface area (Å²) in [7, 11) is 0. The molecule has 0 saturated carbocycles. The third-order valence-corrected chi connectivity index (χ3v) is 3.71. The standard InChI is InChI=1S/C11H12ClIO/c1-3-8-6-9(4-5-10(8)13)11(12)7(2)14/h4-6,11H,3H2,1-2H3. The Morgan fingerprint density at radius 3 is 2.71 bits per heavy atom. The minimum atomic E-state index is -0.503. The van der Waals surface area contributed by atoms with Gasteiger partial charge in [0.05, 0.1) is 0 Å². The highest BCUT2D eigenvalue weighted by atomic mass is 127. The predicted octanol–water partition coefficient (Wildman–Crippen LogP) is 3.72. The van der Waals surface area contributed by atoms with Gasteiger partial charge in [0.1, 0.15) is 5.38 Å². The molecule has 0 aromatic heterocycles. The number of aryl methyl sites for hydroxylation is 1. The Morgan fingerprint density at radius 1 is 1.57 bits per heavy atom. The van der Waals surface area contributed by atoms with E-state index in [9.17, 15) is 4.79 Å². The normalized spacial score (nSPS) is 12.6. The van der Waals surface area contributed by atoms with Crippen LogP contribution in [0.1, 0.15) is 30.4 Å². The van der Waals surface area contributed by atoms with E-state index in [0.717, 1.165) is 12.0 Å². The molecule has 0 aliphatic carbocycles. The van der Waals surface area contributed by atoms with E-state index in [2.05, 4.69) is 29.5 Å². The van der Waals surface area contributed by atoms with Crippen molar-refractivity contribution in [1.82, 2.24) is 0 Å². The van der Waals surface area contributed by atoms with Crippen LogP contribution >= 0.6 is 34.2 Å². The second-order valence-corrected chi connectivity index (χ2v) is 4.78. The van der Waals surface area contributed by atoms with Crippen LogP contribution in [0.4, 0.5) is 0 Å². The SMILES string of the molecule is CCc1cc(C(Cl)C(C)=O)ccc1I. The molecule has 0 heterocycles. The van der Waals surface area contributed by atoms with Gasteiger partial charge in [-0.15, -0.1) is 11.6 Å². The van der Waals surface area contributed by atoms with Crippen molar-refractivity contribution >= 4 is 40.0 Å². The van der Waals surface area contributed by atoms with Crippen LogP contribution in [0.5, 0.6) is 0 Å². The van der Waals surface area contributed by atoms with E-state index in [1.165, 1.54) is 16.1 Å². The number of alkyl halides is 1. The molecule has 1 nitrogen and oxygen atoms in total. The van der Waals surface area contributed by atoms with Crippen LogP contribution in [0.15, 0.2) is 18.2 Å². The van der Waals surface area contributed by atoms with Crippen molar-refractivity contribution in [3.8, 4) is 0 Å². The summed E-state index contributed by atoms with van der Waals surface area (Å²) in [4.78, 5) is 11.1. The highest BCUT2D eigenvalue weighted by Gasteiger charge is 2.13. The fourth-order valence-corrected chi connectivity index (χ4v) is 2.11. The summed E-state index contributed by atoms with van der Waals surface area (Å²) in [5, 5.41) is -0.503. The van der Waals surface area contributed by atoms with Crippen molar-refractivity contribution in [3.63, 3.8) is 0 Å². The molecule has 1 aromatic carbocycles. The molecule has 0 saturated heterocycles. The number of carbonyl (C=O) groups is 1. The van der Waals surface area contributed by atoms with Gasteiger partial charge in [0, 0.05) is 3.57 Å². The van der Waals surface area contributed by atoms with E-state index in [1.807, 2.05) is 18.2 Å². The number of halogens is 2. The van der Waals surface area contributed by atoms with Gasteiger partial charge in [-0.2, -0.15) is 0 Å². The minimum absolute atomic E-state index is 0.00470. The minimum Gasteiger partial charge on any atom is -0.298 e. The van der Waals surface area contributed by atoms with E-state index in [-0.39, 0.29) is 5.78 Å². The summed E-state index contributed by atoms with van der Waals surface area (Å²) in [5.74, 6) is -0.00470. The molecule has 0 amide bonds. The first kappa shape index (κ1) is 12.0. The first-order valence-electron chi connectivity index (χ1n) is 4.49. The fraction of sp³-hybridized carbons (Fsp3) is 0.364. The van der Waals surface area contributed by atoms with Gasteiger partial charge < -0.3 is 0 Å². The molecular weight excluding hydrogens is 310 g/mol. The van der Waals surface area contributed by atoms with Gasteiger partial charge in [0.25, 0.3) is 0 Å². The second kappa shape index (κ2) is 5.12. The number of hydrogen-bond acceptors (Lipinski definition) is 1. The van der Waals surface area contributed by atoms with Gasteiger partial charge in [-0.05, 0) is 53.1 Å². The summed E-state index contributed by atoms with van der Waals surface area (Å²) in [5.41, 5.74) is 2.14. The highest BCUT2D eigenvalue weighted by molar-refractivity contribution is 14.1. The first-order valence-corrected chi connectivity index (χ1v) is 6.00. The van der Waals surface area contributed by atoms with Crippen molar-refractivity contribution in [2.45, 2.75) is 25.6 Å². The summed E-state index contributed by atoms with van der Waals surface area (Å²) in [6.07, 6.45) is 0.966. The van der Waals surface area contributed by atoms with Crippen molar-refractivity contribution in [1.29, 1.82) is 0 Å². The van der Waals surface area contributed by atoms with Crippen LogP contribution < -0.4 is 0 Å². The molecule has 0 aliphatic heterocycles. The van der Waals surface area contributed by atoms with E-state index >= 15 is 0 Å². The van der Waals surface area contributed by atoms with Crippen molar-refractivity contribution in [3.05, 3.63) is 32.9 Å². The maximum atomic E-state index is 11.1. The van der Waals surface area contributed by atoms with Crippen LogP contribution in [-0.2, 0) is 11.2 Å². The molecule has 0 aliphatic rings. The molecule has 1 unspecified atom stereocenters. The number of rotatable bonds is 3. The van der Waals surface area contributed by atoms with Gasteiger partial charge in [0.15, 0.2) is 5.78 Å². The summed E-state index contributed by atoms with van der Waals surface area (Å²) in [6.45, 7) is 3.61. The van der Waals surface area contributed by atoms with Crippen molar-refractivity contribution in [2.24, 2.45) is 0 Å². The zero-order chi connectivity index (χ0) is 10.7. The van der Waals surface area contributed by atoms with Crippen molar-refractivity contribution < 1.29 is 4.79 Å². The largest absolute Gasteiger partial charge is 0.298 e. The van der Waals surface area contributed by atoms with Crippen LogP contribution in [-0.4, -0.2) is 5.78 Å². The molecule has 1 rings (SSSR count). The summed E-state index contributed by atoms with van der Waals surface area (Å²) < 4.78 is 1.22. The van der Waals surface area contributed by atoms with Gasteiger partial charge >= 0.3 is 0 Å². The molecule has 0 bridgehead atoms. The molecule has 0 spiro atoms. The lowest BCUT2D eigenvalue weighted by Crippen LogP contribution is -2.02. The van der Waals surface area contributed by atoms with E-state index in [4.69, 9.17) is 11.6 Å². The maximum absolute atomic E-state index is 11.1. The molecule has 76 valence electrons. The Balaban J connectivity index is 3.06. The predicted molar refractivity (Wildman–Crippen MR) is 67.8 cm³/mol. The first-order chi connectivity index (χ1) is 6.56. The quantitative estimate of drug-likeness (QED) is 0.612. The molecule has 1 aromatic rings. The second-order valence-electron chi connectivity index (χ2n) is 3.18. The third-order valence-electron chi connectivity index (χ3n) is 2.10. The molecule has 14 heavy (non-hydrogen) atoms. The Labute approximate surface area is 103 Å². The average Bonchev–Trinajstić information content (AvgIpc) is 2.17. The number of ketones is 1. The lowest BCUT2D eigenvalue weighted by atomic mass is 10.0. The van der Waals surface area contributed by atoms with Crippen molar-refractivity contribution in [2.75, 3.05) is 0 Å². The Kier molecular flexibility index (Phi) is 4.38. The van der Waals surface area contributed by atoms with Gasteiger partial charge in [0.2, 0.25) is 0 Å². The maximum Gasteiger partial charge on any atom is 0.152 e. The molecule has 3 heteroatoms. The number of carbonyl (C=O) groups excluding carboxylic acids is 1. The molecule has 0 fully saturated rings. The Morgan fingerprint density at radius 2 is 2.21 bits per heavy atom. The van der Waals surface area contributed by atoms with Crippen LogP contribution in [0, 0.1) is 3.57 Å². The van der Waals surface area contributed by atoms with Crippen LogP contribution in [0.2, 0.25) is 0 Å². The van der Waals surface area contributed by atoms with Crippen LogP contribution in [0.3, 0.4) is 0 Å². The molecule has 0 N–H and O–H groups in total. The number of benzene rings is 1. The number of Topliss-reactive ketones (excluding diaryl/α,β-unsaturated/α-hetero) is 1. The van der Waals surface area contributed by atoms with Gasteiger partial charge in [-0.3, -0.25) is 4.79 Å². The third kappa shape index (κ3) is 2.70. The summed E-state index contributed by atoms with van der Waals surface area (Å²) >= 11 is 8.26. The molecular formula is C11H12ClIO. The van der Waals surface area contributed by atoms with Gasteiger partial charge in [-0.25, -0.2) is 0 Å². The summed E-state index contributed by atoms with van der Waals surface area (Å²) in [6, 6.07) is 5.94. The molecule has 0 radical (unpaired) electrons.